The van der Waals surface area contributed by atoms with E-state index in [9.17, 15) is 4.79 Å². The molecule has 1 aromatic carbocycles. The van der Waals surface area contributed by atoms with Crippen LogP contribution in [0.3, 0.4) is 0 Å². The van der Waals surface area contributed by atoms with Crippen molar-refractivity contribution in [3.63, 3.8) is 0 Å². The van der Waals surface area contributed by atoms with Crippen LogP contribution in [0.5, 0.6) is 0 Å². The van der Waals surface area contributed by atoms with E-state index in [4.69, 9.17) is 10.5 Å². The predicted molar refractivity (Wildman–Crippen MR) is 62.0 cm³/mol. The maximum Gasteiger partial charge on any atom is 0.313 e. The first-order chi connectivity index (χ1) is 7.74. The lowest BCUT2D eigenvalue weighted by atomic mass is 9.80. The van der Waals surface area contributed by atoms with Crippen LogP contribution in [-0.2, 0) is 9.53 Å². The Kier molecular flexibility index (Phi) is 3.25. The molecule has 1 aliphatic carbocycles. The van der Waals surface area contributed by atoms with Gasteiger partial charge in [-0.05, 0) is 30.9 Å². The summed E-state index contributed by atoms with van der Waals surface area (Å²) < 4.78 is 5.09. The summed E-state index contributed by atoms with van der Waals surface area (Å²) in [6, 6.07) is 7.96. The van der Waals surface area contributed by atoms with Crippen molar-refractivity contribution in [2.24, 2.45) is 5.73 Å². The molecule has 1 aromatic rings. The van der Waals surface area contributed by atoms with E-state index in [1.54, 1.807) is 0 Å². The fourth-order valence-corrected chi connectivity index (χ4v) is 2.31. The number of fused-ring (bicyclic) bond motifs is 1. The normalized spacial score (nSPS) is 23.6. The molecule has 0 fully saturated rings. The second-order valence-electron chi connectivity index (χ2n) is 4.12. The number of carbonyl (C=O) groups is 1. The van der Waals surface area contributed by atoms with E-state index < -0.39 is 0 Å². The molecular formula is C13H17NO2. The highest BCUT2D eigenvalue weighted by molar-refractivity contribution is 5.79. The van der Waals surface area contributed by atoms with Crippen LogP contribution < -0.4 is 5.73 Å². The Bertz CT molecular complexity index is 389. The third-order valence-electron chi connectivity index (χ3n) is 3.11. The van der Waals surface area contributed by atoms with Gasteiger partial charge >= 0.3 is 5.97 Å². The average molecular weight is 219 g/mol. The van der Waals surface area contributed by atoms with E-state index in [1.165, 1.54) is 0 Å². The van der Waals surface area contributed by atoms with Gasteiger partial charge in [0.25, 0.3) is 0 Å². The number of ether oxygens (including phenoxy) is 1. The molecule has 2 atom stereocenters. The molecule has 0 spiro atoms. The summed E-state index contributed by atoms with van der Waals surface area (Å²) in [6.07, 6.45) is 1.64. The van der Waals surface area contributed by atoms with E-state index in [-0.39, 0.29) is 17.9 Å². The highest BCUT2D eigenvalue weighted by Crippen LogP contribution is 2.36. The summed E-state index contributed by atoms with van der Waals surface area (Å²) in [5.41, 5.74) is 8.16. The molecule has 3 heteroatoms. The number of carbonyl (C=O) groups excluding carboxylic acids is 1. The molecule has 0 radical (unpaired) electrons. The number of esters is 1. The van der Waals surface area contributed by atoms with Gasteiger partial charge in [0.15, 0.2) is 0 Å². The van der Waals surface area contributed by atoms with Gasteiger partial charge in [-0.1, -0.05) is 24.3 Å². The number of hydrogen-bond acceptors (Lipinski definition) is 3. The van der Waals surface area contributed by atoms with Crippen LogP contribution in [0.2, 0.25) is 0 Å². The van der Waals surface area contributed by atoms with E-state index in [0.717, 1.165) is 24.0 Å². The van der Waals surface area contributed by atoms with Crippen molar-refractivity contribution in [2.75, 3.05) is 6.61 Å². The minimum absolute atomic E-state index is 0.0573. The number of rotatable bonds is 2. The second-order valence-corrected chi connectivity index (χ2v) is 4.12. The smallest absolute Gasteiger partial charge is 0.313 e. The first-order valence-electron chi connectivity index (χ1n) is 5.75. The van der Waals surface area contributed by atoms with Crippen LogP contribution in [0.1, 0.15) is 42.9 Å². The van der Waals surface area contributed by atoms with Crippen LogP contribution in [0.25, 0.3) is 0 Å². The first-order valence-corrected chi connectivity index (χ1v) is 5.75. The molecule has 0 amide bonds. The zero-order chi connectivity index (χ0) is 11.5. The van der Waals surface area contributed by atoms with E-state index in [1.807, 2.05) is 31.2 Å². The molecule has 0 saturated heterocycles. The summed E-state index contributed by atoms with van der Waals surface area (Å²) in [7, 11) is 0. The molecule has 86 valence electrons. The molecule has 0 bridgehead atoms. The van der Waals surface area contributed by atoms with Gasteiger partial charge in [0.2, 0.25) is 0 Å². The fourth-order valence-electron chi connectivity index (χ4n) is 2.31. The van der Waals surface area contributed by atoms with Crippen molar-refractivity contribution in [3.05, 3.63) is 35.4 Å². The molecule has 3 nitrogen and oxygen atoms in total. The molecule has 0 aromatic heterocycles. The Morgan fingerprint density at radius 2 is 2.06 bits per heavy atom. The van der Waals surface area contributed by atoms with E-state index >= 15 is 0 Å². The third-order valence-corrected chi connectivity index (χ3v) is 3.11. The lowest BCUT2D eigenvalue weighted by Crippen LogP contribution is -2.26. The second kappa shape index (κ2) is 4.66. The van der Waals surface area contributed by atoms with Crippen LogP contribution >= 0.6 is 0 Å². The Balaban J connectivity index is 2.31. The van der Waals surface area contributed by atoms with Gasteiger partial charge in [0, 0.05) is 6.04 Å². The number of benzene rings is 1. The Labute approximate surface area is 95.6 Å². The van der Waals surface area contributed by atoms with Gasteiger partial charge in [-0.15, -0.1) is 0 Å². The maximum absolute atomic E-state index is 11.8. The topological polar surface area (TPSA) is 52.3 Å². The Morgan fingerprint density at radius 3 is 2.75 bits per heavy atom. The van der Waals surface area contributed by atoms with Crippen LogP contribution in [0, 0.1) is 0 Å². The first kappa shape index (κ1) is 11.1. The van der Waals surface area contributed by atoms with Gasteiger partial charge in [-0.2, -0.15) is 0 Å². The quantitative estimate of drug-likeness (QED) is 0.775. The van der Waals surface area contributed by atoms with E-state index in [2.05, 4.69) is 0 Å². The molecule has 0 saturated carbocycles. The van der Waals surface area contributed by atoms with Crippen LogP contribution in [0.15, 0.2) is 24.3 Å². The zero-order valence-corrected chi connectivity index (χ0v) is 9.48. The highest BCUT2D eigenvalue weighted by Gasteiger charge is 2.30. The molecular weight excluding hydrogens is 202 g/mol. The fraction of sp³-hybridized carbons (Fsp3) is 0.462. The van der Waals surface area contributed by atoms with Crippen molar-refractivity contribution in [1.82, 2.24) is 0 Å². The SMILES string of the molecule is CCOC(=O)C1CCC(N)c2ccccc21. The van der Waals surface area contributed by atoms with E-state index in [0.29, 0.717) is 6.61 Å². The van der Waals surface area contributed by atoms with Gasteiger partial charge in [-0.3, -0.25) is 4.79 Å². The average Bonchev–Trinajstić information content (AvgIpc) is 2.30. The zero-order valence-electron chi connectivity index (χ0n) is 9.48. The highest BCUT2D eigenvalue weighted by atomic mass is 16.5. The van der Waals surface area contributed by atoms with Gasteiger partial charge < -0.3 is 10.5 Å². The third kappa shape index (κ3) is 1.95. The molecule has 1 aliphatic rings. The maximum atomic E-state index is 11.8. The summed E-state index contributed by atoms with van der Waals surface area (Å²) in [5.74, 6) is -0.252. The molecule has 0 heterocycles. The largest absolute Gasteiger partial charge is 0.466 e. The predicted octanol–water partition coefficient (Wildman–Crippen LogP) is 2.13. The molecule has 2 rings (SSSR count). The van der Waals surface area contributed by atoms with Gasteiger partial charge in [0.05, 0.1) is 12.5 Å². The Morgan fingerprint density at radius 1 is 1.38 bits per heavy atom. The van der Waals surface area contributed by atoms with Gasteiger partial charge in [0.1, 0.15) is 0 Å². The summed E-state index contributed by atoms with van der Waals surface area (Å²) in [5, 5.41) is 0. The van der Waals surface area contributed by atoms with Crippen molar-refractivity contribution >= 4 is 5.97 Å². The van der Waals surface area contributed by atoms with Crippen molar-refractivity contribution in [1.29, 1.82) is 0 Å². The molecule has 0 aliphatic heterocycles. The lowest BCUT2D eigenvalue weighted by molar-refractivity contribution is -0.145. The van der Waals surface area contributed by atoms with Crippen LogP contribution in [-0.4, -0.2) is 12.6 Å². The minimum Gasteiger partial charge on any atom is -0.466 e. The van der Waals surface area contributed by atoms with Crippen LogP contribution in [0.4, 0.5) is 0 Å². The standard InChI is InChI=1S/C13H17NO2/c1-2-16-13(15)11-7-8-12(14)10-6-4-3-5-9(10)11/h3-6,11-12H,2,7-8,14H2,1H3. The Hall–Kier alpha value is -1.35. The molecule has 2 N–H and O–H groups in total. The molecule has 16 heavy (non-hydrogen) atoms. The summed E-state index contributed by atoms with van der Waals surface area (Å²) in [6.45, 7) is 2.27. The summed E-state index contributed by atoms with van der Waals surface area (Å²) in [4.78, 5) is 11.8. The molecule has 2 unspecified atom stereocenters. The van der Waals surface area contributed by atoms with Crippen molar-refractivity contribution in [2.45, 2.75) is 31.7 Å². The minimum atomic E-state index is -0.129. The number of hydrogen-bond donors (Lipinski definition) is 1. The van der Waals surface area contributed by atoms with Gasteiger partial charge in [-0.25, -0.2) is 0 Å². The van der Waals surface area contributed by atoms with Crippen molar-refractivity contribution in [3.8, 4) is 0 Å². The van der Waals surface area contributed by atoms with Crippen molar-refractivity contribution < 1.29 is 9.53 Å². The lowest BCUT2D eigenvalue weighted by Gasteiger charge is -2.28. The summed E-state index contributed by atoms with van der Waals surface area (Å²) >= 11 is 0. The monoisotopic (exact) mass is 219 g/mol. The number of nitrogens with two attached hydrogens (primary N) is 1.